The Kier molecular flexibility index (Phi) is 7.63. The Labute approximate surface area is 205 Å². The number of fused-ring (bicyclic) bond motifs is 1. The van der Waals surface area contributed by atoms with E-state index in [0.717, 1.165) is 30.5 Å². The molecule has 0 saturated carbocycles. The standard InChI is InChI=1S/C27H30N4O2S/c1-4-15-31-26(33)25(17-24(32)22-12-11-20-7-5-6-8-21(20)16-22)34-27(31)29-28-18-19-9-13-23(14-10-19)30(2)3/h4,9-14,16,18,25H,1,5-8,15,17H2,2-3H3/b28-18-,29-27-/t25-/m0/s1. The molecule has 0 radical (unpaired) electrons. The number of rotatable bonds is 8. The minimum absolute atomic E-state index is 0.0106. The van der Waals surface area contributed by atoms with Crippen molar-refractivity contribution in [2.45, 2.75) is 37.4 Å². The summed E-state index contributed by atoms with van der Waals surface area (Å²) in [5.74, 6) is -0.135. The molecule has 1 atom stereocenters. The number of hydrogen-bond acceptors (Lipinski definition) is 6. The first-order chi connectivity index (χ1) is 16.5. The van der Waals surface area contributed by atoms with Gasteiger partial charge in [-0.1, -0.05) is 42.1 Å². The third kappa shape index (κ3) is 5.47. The van der Waals surface area contributed by atoms with Gasteiger partial charge < -0.3 is 4.90 Å². The quantitative estimate of drug-likeness (QED) is 0.240. The first-order valence-corrected chi connectivity index (χ1v) is 12.5. The summed E-state index contributed by atoms with van der Waals surface area (Å²) in [6, 6.07) is 13.9. The Bertz CT molecular complexity index is 1140. The molecule has 176 valence electrons. The van der Waals surface area contributed by atoms with Gasteiger partial charge in [0.2, 0.25) is 5.91 Å². The third-order valence-electron chi connectivity index (χ3n) is 6.13. The molecular formula is C27H30N4O2S. The van der Waals surface area contributed by atoms with E-state index in [9.17, 15) is 9.59 Å². The number of hydrogen-bond donors (Lipinski definition) is 0. The van der Waals surface area contributed by atoms with Crippen LogP contribution in [0.25, 0.3) is 0 Å². The molecule has 1 heterocycles. The second-order valence-electron chi connectivity index (χ2n) is 8.78. The van der Waals surface area contributed by atoms with Crippen LogP contribution >= 0.6 is 11.8 Å². The van der Waals surface area contributed by atoms with Gasteiger partial charge in [-0.3, -0.25) is 14.5 Å². The fourth-order valence-electron chi connectivity index (χ4n) is 4.21. The van der Waals surface area contributed by atoms with Crippen molar-refractivity contribution in [2.75, 3.05) is 25.5 Å². The van der Waals surface area contributed by atoms with Crippen LogP contribution in [0.3, 0.4) is 0 Å². The van der Waals surface area contributed by atoms with E-state index < -0.39 is 5.25 Å². The molecule has 6 nitrogen and oxygen atoms in total. The van der Waals surface area contributed by atoms with Crippen molar-refractivity contribution >= 4 is 40.5 Å². The predicted octanol–water partition coefficient (Wildman–Crippen LogP) is 4.72. The minimum atomic E-state index is -0.503. The Balaban J connectivity index is 1.45. The van der Waals surface area contributed by atoms with Crippen molar-refractivity contribution < 1.29 is 9.59 Å². The van der Waals surface area contributed by atoms with Crippen molar-refractivity contribution in [3.05, 3.63) is 77.4 Å². The van der Waals surface area contributed by atoms with E-state index in [1.165, 1.54) is 29.3 Å². The van der Waals surface area contributed by atoms with Crippen LogP contribution in [-0.2, 0) is 17.6 Å². The molecule has 0 spiro atoms. The van der Waals surface area contributed by atoms with Gasteiger partial charge in [0.05, 0.1) is 11.5 Å². The number of amides is 1. The molecule has 0 aromatic heterocycles. The highest BCUT2D eigenvalue weighted by Gasteiger charge is 2.38. The van der Waals surface area contributed by atoms with Crippen LogP contribution in [0.1, 0.15) is 46.3 Å². The van der Waals surface area contributed by atoms with Crippen molar-refractivity contribution in [1.82, 2.24) is 4.90 Å². The Morgan fingerprint density at radius 2 is 1.88 bits per heavy atom. The Morgan fingerprint density at radius 3 is 2.59 bits per heavy atom. The SMILES string of the molecule is C=CCN1C(=O)[C@H](CC(=O)c2ccc3c(c2)CCCC3)S/C1=N\N=C/c1ccc(N(C)C)cc1. The normalized spacial score (nSPS) is 19.0. The van der Waals surface area contributed by atoms with Crippen molar-refractivity contribution in [1.29, 1.82) is 0 Å². The maximum absolute atomic E-state index is 13.0. The van der Waals surface area contributed by atoms with Crippen molar-refractivity contribution in [3.63, 3.8) is 0 Å². The van der Waals surface area contributed by atoms with E-state index in [2.05, 4.69) is 22.8 Å². The lowest BCUT2D eigenvalue weighted by atomic mass is 9.89. The van der Waals surface area contributed by atoms with Gasteiger partial charge in [0.15, 0.2) is 11.0 Å². The predicted molar refractivity (Wildman–Crippen MR) is 141 cm³/mol. The largest absolute Gasteiger partial charge is 0.378 e. The summed E-state index contributed by atoms with van der Waals surface area (Å²) in [6.07, 6.45) is 7.94. The number of thioether (sulfide) groups is 1. The zero-order valence-electron chi connectivity index (χ0n) is 19.7. The second kappa shape index (κ2) is 10.8. The summed E-state index contributed by atoms with van der Waals surface area (Å²) >= 11 is 1.30. The summed E-state index contributed by atoms with van der Waals surface area (Å²) in [5.41, 5.74) is 5.32. The zero-order chi connectivity index (χ0) is 24.1. The van der Waals surface area contributed by atoms with Gasteiger partial charge in [-0.2, -0.15) is 5.10 Å². The molecule has 2 aliphatic rings. The molecule has 1 saturated heterocycles. The molecular weight excluding hydrogens is 444 g/mol. The van der Waals surface area contributed by atoms with E-state index >= 15 is 0 Å². The van der Waals surface area contributed by atoms with E-state index in [0.29, 0.717) is 17.3 Å². The number of Topliss-reactive ketones (excluding diaryl/α,β-unsaturated/α-hetero) is 1. The molecule has 34 heavy (non-hydrogen) atoms. The fourth-order valence-corrected chi connectivity index (χ4v) is 5.31. The molecule has 1 amide bonds. The molecule has 0 N–H and O–H groups in total. The first-order valence-electron chi connectivity index (χ1n) is 11.6. The number of carbonyl (C=O) groups is 2. The van der Waals surface area contributed by atoms with Gasteiger partial charge in [-0.25, -0.2) is 0 Å². The molecule has 1 aliphatic heterocycles. The fraction of sp³-hybridized carbons (Fsp3) is 0.333. The molecule has 1 fully saturated rings. The number of carbonyl (C=O) groups excluding carboxylic acids is 2. The average Bonchev–Trinajstić information content (AvgIpc) is 3.13. The molecule has 4 rings (SSSR count). The van der Waals surface area contributed by atoms with Crippen LogP contribution in [0.15, 0.2) is 65.3 Å². The summed E-state index contributed by atoms with van der Waals surface area (Å²) in [6.45, 7) is 4.08. The van der Waals surface area contributed by atoms with Gasteiger partial charge >= 0.3 is 0 Å². The lowest BCUT2D eigenvalue weighted by molar-refractivity contribution is -0.125. The monoisotopic (exact) mass is 474 g/mol. The van der Waals surface area contributed by atoms with Crippen molar-refractivity contribution in [3.8, 4) is 0 Å². The van der Waals surface area contributed by atoms with Crippen molar-refractivity contribution in [2.24, 2.45) is 10.2 Å². The Morgan fingerprint density at radius 1 is 1.15 bits per heavy atom. The van der Waals surface area contributed by atoms with Gasteiger partial charge in [-0.05, 0) is 60.6 Å². The van der Waals surface area contributed by atoms with E-state index in [1.807, 2.05) is 55.4 Å². The zero-order valence-corrected chi connectivity index (χ0v) is 20.6. The minimum Gasteiger partial charge on any atom is -0.378 e. The third-order valence-corrected chi connectivity index (χ3v) is 7.30. The summed E-state index contributed by atoms with van der Waals surface area (Å²) in [7, 11) is 3.98. The number of nitrogens with zero attached hydrogens (tertiary/aromatic N) is 4. The van der Waals surface area contributed by atoms with Crippen LogP contribution in [0.4, 0.5) is 5.69 Å². The molecule has 2 aromatic carbocycles. The first kappa shape index (κ1) is 24.0. The van der Waals surface area contributed by atoms with Gasteiger partial charge in [0, 0.05) is 38.3 Å². The van der Waals surface area contributed by atoms with E-state index in [1.54, 1.807) is 17.2 Å². The lowest BCUT2D eigenvalue weighted by Gasteiger charge is -2.16. The summed E-state index contributed by atoms with van der Waals surface area (Å²) < 4.78 is 0. The van der Waals surface area contributed by atoms with E-state index in [4.69, 9.17) is 0 Å². The number of aryl methyl sites for hydroxylation is 2. The van der Waals surface area contributed by atoms with Crippen LogP contribution in [0.2, 0.25) is 0 Å². The summed E-state index contributed by atoms with van der Waals surface area (Å²) in [4.78, 5) is 29.6. The number of anilines is 1. The van der Waals surface area contributed by atoms with Gasteiger partial charge in [0.1, 0.15) is 0 Å². The molecule has 0 unspecified atom stereocenters. The molecule has 7 heteroatoms. The number of ketones is 1. The molecule has 2 aromatic rings. The highest BCUT2D eigenvalue weighted by molar-refractivity contribution is 8.15. The number of amidine groups is 1. The molecule has 0 bridgehead atoms. The number of benzene rings is 2. The smallest absolute Gasteiger partial charge is 0.242 e. The van der Waals surface area contributed by atoms with E-state index in [-0.39, 0.29) is 18.1 Å². The maximum Gasteiger partial charge on any atom is 0.242 e. The summed E-state index contributed by atoms with van der Waals surface area (Å²) in [5, 5.41) is 8.49. The highest BCUT2D eigenvalue weighted by Crippen LogP contribution is 2.31. The molecule has 1 aliphatic carbocycles. The van der Waals surface area contributed by atoms with Crippen LogP contribution in [0.5, 0.6) is 0 Å². The lowest BCUT2D eigenvalue weighted by Crippen LogP contribution is -2.32. The average molecular weight is 475 g/mol. The second-order valence-corrected chi connectivity index (χ2v) is 9.94. The van der Waals surface area contributed by atoms with Gasteiger partial charge in [-0.15, -0.1) is 11.7 Å². The maximum atomic E-state index is 13.0. The topological polar surface area (TPSA) is 65.3 Å². The van der Waals surface area contributed by atoms with Crippen LogP contribution in [-0.4, -0.2) is 53.9 Å². The Hall–Kier alpha value is -3.19. The van der Waals surface area contributed by atoms with Crippen LogP contribution < -0.4 is 4.90 Å². The van der Waals surface area contributed by atoms with Crippen LogP contribution in [0, 0.1) is 0 Å². The highest BCUT2D eigenvalue weighted by atomic mass is 32.2. The van der Waals surface area contributed by atoms with Gasteiger partial charge in [0.25, 0.3) is 0 Å².